The Hall–Kier alpha value is -4.01. The first-order chi connectivity index (χ1) is 18.1. The fraction of sp³-hybridized carbons (Fsp3) is 0.281. The van der Waals surface area contributed by atoms with Gasteiger partial charge in [-0.1, -0.05) is 48.5 Å². The zero-order chi connectivity index (χ0) is 25.4. The lowest BCUT2D eigenvalue weighted by molar-refractivity contribution is -0.00545. The number of rotatable bonds is 4. The van der Waals surface area contributed by atoms with E-state index in [0.29, 0.717) is 5.69 Å². The van der Waals surface area contributed by atoms with Gasteiger partial charge in [0.1, 0.15) is 5.82 Å². The fourth-order valence-corrected chi connectivity index (χ4v) is 5.73. The second-order valence-electron chi connectivity index (χ2n) is 10.1. The number of para-hydroxylation sites is 1. The molecule has 2 aromatic heterocycles. The average Bonchev–Trinajstić information content (AvgIpc) is 3.46. The minimum absolute atomic E-state index is 0.197. The maximum Gasteiger partial charge on any atom is 0.187 e. The zero-order valence-corrected chi connectivity index (χ0v) is 21.3. The van der Waals surface area contributed by atoms with Crippen LogP contribution in [0.3, 0.4) is 0 Å². The van der Waals surface area contributed by atoms with Crippen LogP contribution in [0, 0.1) is 6.57 Å². The molecule has 37 heavy (non-hydrogen) atoms. The van der Waals surface area contributed by atoms with Crippen LogP contribution in [-0.4, -0.2) is 35.3 Å². The maximum atomic E-state index is 7.26. The Morgan fingerprint density at radius 3 is 2.35 bits per heavy atom. The van der Waals surface area contributed by atoms with Crippen molar-refractivity contribution in [1.29, 1.82) is 0 Å². The first-order valence-corrected chi connectivity index (χ1v) is 13.1. The van der Waals surface area contributed by atoms with Crippen molar-refractivity contribution in [2.24, 2.45) is 0 Å². The molecule has 0 saturated carbocycles. The second-order valence-corrected chi connectivity index (χ2v) is 10.1. The van der Waals surface area contributed by atoms with Gasteiger partial charge < -0.3 is 9.64 Å². The van der Waals surface area contributed by atoms with Crippen LogP contribution in [0.15, 0.2) is 73.1 Å². The third-order valence-corrected chi connectivity index (χ3v) is 7.37. The Balaban J connectivity index is 1.44. The van der Waals surface area contributed by atoms with Gasteiger partial charge in [0.15, 0.2) is 5.69 Å². The molecule has 5 heteroatoms. The van der Waals surface area contributed by atoms with E-state index in [1.54, 1.807) is 0 Å². The molecule has 3 heterocycles. The lowest BCUT2D eigenvalue weighted by Gasteiger charge is -2.36. The molecule has 0 N–H and O–H groups in total. The fourth-order valence-electron chi connectivity index (χ4n) is 5.73. The zero-order valence-electron chi connectivity index (χ0n) is 21.3. The number of allylic oxidation sites excluding steroid dienone is 2. The van der Waals surface area contributed by atoms with E-state index >= 15 is 0 Å². The lowest BCUT2D eigenvalue weighted by Crippen LogP contribution is -2.45. The molecule has 0 spiro atoms. The third kappa shape index (κ3) is 4.50. The highest BCUT2D eigenvalue weighted by molar-refractivity contribution is 6.04. The molecule has 2 aliphatic rings. The van der Waals surface area contributed by atoms with E-state index < -0.39 is 0 Å². The van der Waals surface area contributed by atoms with Gasteiger partial charge in [-0.15, -0.1) is 0 Å². The normalized spacial score (nSPS) is 19.6. The van der Waals surface area contributed by atoms with Gasteiger partial charge in [0.2, 0.25) is 0 Å². The summed E-state index contributed by atoms with van der Waals surface area (Å²) in [5.41, 5.74) is 8.67. The van der Waals surface area contributed by atoms with E-state index in [4.69, 9.17) is 21.3 Å². The van der Waals surface area contributed by atoms with Crippen LogP contribution in [0.5, 0.6) is 0 Å². The second kappa shape index (κ2) is 9.80. The van der Waals surface area contributed by atoms with E-state index in [0.717, 1.165) is 64.9 Å². The van der Waals surface area contributed by atoms with Crippen LogP contribution < -0.4 is 4.90 Å². The van der Waals surface area contributed by atoms with Crippen molar-refractivity contribution in [3.05, 3.63) is 90.0 Å². The molecular formula is C32H30N4O. The standard InChI is InChI=1S/C32H30N4O/c1-21-19-36(20-22(2)37-21)30-16-13-25(17-34-30)29-18-35-32-27(23-11-14-26(33-3)15-12-23)9-6-10-28(32)31(29)24-7-4-5-8-24/h6-7,9-18,21-22H,4-5,8,19-20H2,1-2H3/t21-,22+. The summed E-state index contributed by atoms with van der Waals surface area (Å²) in [5.74, 6) is 0.992. The summed E-state index contributed by atoms with van der Waals surface area (Å²) in [6.45, 7) is 13.2. The van der Waals surface area contributed by atoms with Crippen LogP contribution in [0.1, 0.15) is 38.7 Å². The SMILES string of the molecule is [C-]#[N+]c1ccc(-c2cccc3c(C4=CCCC4)c(-c4ccc(N5C[C@@H](C)O[C@@H](C)C5)nc4)cnc23)cc1. The number of pyridine rings is 2. The Morgan fingerprint density at radius 1 is 0.892 bits per heavy atom. The minimum Gasteiger partial charge on any atom is -0.372 e. The van der Waals surface area contributed by atoms with Crippen LogP contribution in [-0.2, 0) is 4.74 Å². The van der Waals surface area contributed by atoms with Gasteiger partial charge in [-0.3, -0.25) is 4.98 Å². The van der Waals surface area contributed by atoms with Gasteiger partial charge in [-0.05, 0) is 61.9 Å². The smallest absolute Gasteiger partial charge is 0.187 e. The number of fused-ring (bicyclic) bond motifs is 1. The molecule has 0 radical (unpaired) electrons. The first-order valence-electron chi connectivity index (χ1n) is 13.1. The third-order valence-electron chi connectivity index (χ3n) is 7.37. The number of hydrogen-bond acceptors (Lipinski definition) is 4. The molecule has 4 aromatic rings. The molecule has 1 fully saturated rings. The first kappa shape index (κ1) is 23.4. The van der Waals surface area contributed by atoms with Crippen molar-refractivity contribution in [2.75, 3.05) is 18.0 Å². The highest BCUT2D eigenvalue weighted by Gasteiger charge is 2.24. The molecule has 1 aliphatic carbocycles. The Labute approximate surface area is 218 Å². The van der Waals surface area contributed by atoms with Gasteiger partial charge in [-0.25, -0.2) is 9.83 Å². The quantitative estimate of drug-likeness (QED) is 0.277. The van der Waals surface area contributed by atoms with Crippen LogP contribution in [0.2, 0.25) is 0 Å². The van der Waals surface area contributed by atoms with Crippen molar-refractivity contribution < 1.29 is 4.74 Å². The Kier molecular flexibility index (Phi) is 6.20. The highest BCUT2D eigenvalue weighted by atomic mass is 16.5. The molecule has 5 nitrogen and oxygen atoms in total. The lowest BCUT2D eigenvalue weighted by atomic mass is 9.90. The van der Waals surface area contributed by atoms with Gasteiger partial charge in [0, 0.05) is 47.6 Å². The highest BCUT2D eigenvalue weighted by Crippen LogP contribution is 2.41. The number of nitrogens with zero attached hydrogens (tertiary/aromatic N) is 4. The number of morpholine rings is 1. The van der Waals surface area contributed by atoms with E-state index in [2.05, 4.69) is 60.0 Å². The molecule has 1 aliphatic heterocycles. The average molecular weight is 487 g/mol. The van der Waals surface area contributed by atoms with Crippen LogP contribution in [0.4, 0.5) is 11.5 Å². The van der Waals surface area contributed by atoms with Gasteiger partial charge in [-0.2, -0.15) is 0 Å². The predicted octanol–water partition coefficient (Wildman–Crippen LogP) is 7.70. The van der Waals surface area contributed by atoms with Crippen molar-refractivity contribution in [3.8, 4) is 22.3 Å². The summed E-state index contributed by atoms with van der Waals surface area (Å²) in [6, 6.07) is 18.5. The predicted molar refractivity (Wildman–Crippen MR) is 151 cm³/mol. The van der Waals surface area contributed by atoms with E-state index in [1.807, 2.05) is 36.7 Å². The summed E-state index contributed by atoms with van der Waals surface area (Å²) in [4.78, 5) is 15.7. The number of hydrogen-bond donors (Lipinski definition) is 0. The number of ether oxygens (including phenoxy) is 1. The molecular weight excluding hydrogens is 456 g/mol. The van der Waals surface area contributed by atoms with Gasteiger partial charge >= 0.3 is 0 Å². The van der Waals surface area contributed by atoms with Crippen LogP contribution >= 0.6 is 0 Å². The number of benzene rings is 2. The Morgan fingerprint density at radius 2 is 1.68 bits per heavy atom. The van der Waals surface area contributed by atoms with E-state index in [-0.39, 0.29) is 12.2 Å². The number of aromatic nitrogens is 2. The van der Waals surface area contributed by atoms with Gasteiger partial charge in [0.25, 0.3) is 0 Å². The molecule has 6 rings (SSSR count). The molecule has 2 aromatic carbocycles. The molecule has 1 saturated heterocycles. The van der Waals surface area contributed by atoms with Crippen molar-refractivity contribution in [1.82, 2.24) is 9.97 Å². The van der Waals surface area contributed by atoms with Crippen molar-refractivity contribution in [2.45, 2.75) is 45.3 Å². The summed E-state index contributed by atoms with van der Waals surface area (Å²) in [7, 11) is 0. The monoisotopic (exact) mass is 486 g/mol. The minimum atomic E-state index is 0.197. The van der Waals surface area contributed by atoms with Crippen LogP contribution in [0.25, 0.3) is 43.6 Å². The topological polar surface area (TPSA) is 42.6 Å². The van der Waals surface area contributed by atoms with E-state index in [1.165, 1.54) is 17.6 Å². The summed E-state index contributed by atoms with van der Waals surface area (Å²) in [5, 5.41) is 1.16. The van der Waals surface area contributed by atoms with Crippen molar-refractivity contribution in [3.63, 3.8) is 0 Å². The molecule has 2 atom stereocenters. The Bertz CT molecular complexity index is 1510. The number of anilines is 1. The van der Waals surface area contributed by atoms with Crippen molar-refractivity contribution >= 4 is 28.0 Å². The summed E-state index contributed by atoms with van der Waals surface area (Å²) in [6.07, 6.45) is 10.2. The molecule has 0 unspecified atom stereocenters. The summed E-state index contributed by atoms with van der Waals surface area (Å²) < 4.78 is 5.90. The van der Waals surface area contributed by atoms with E-state index in [9.17, 15) is 0 Å². The van der Waals surface area contributed by atoms with Gasteiger partial charge in [0.05, 0.1) is 24.3 Å². The maximum absolute atomic E-state index is 7.26. The molecule has 184 valence electrons. The molecule has 0 amide bonds. The summed E-state index contributed by atoms with van der Waals surface area (Å²) >= 11 is 0. The molecule has 0 bridgehead atoms. The largest absolute Gasteiger partial charge is 0.372 e.